The largest absolute Gasteiger partial charge is 0.394 e. The van der Waals surface area contributed by atoms with E-state index in [1.807, 2.05) is 4.98 Å². The summed E-state index contributed by atoms with van der Waals surface area (Å²) < 4.78 is 5.85. The lowest BCUT2D eigenvalue weighted by atomic mass is 10.1. The van der Waals surface area contributed by atoms with Crippen LogP contribution in [0.15, 0.2) is 15.7 Å². The molecule has 4 atom stereocenters. The minimum Gasteiger partial charge on any atom is -0.394 e. The highest BCUT2D eigenvalue weighted by atomic mass is 16.6. The Morgan fingerprint density at radius 2 is 2.11 bits per heavy atom. The Bertz CT molecular complexity index is 629. The van der Waals surface area contributed by atoms with E-state index in [2.05, 4.69) is 0 Å². The van der Waals surface area contributed by atoms with Gasteiger partial charge in [0.2, 0.25) is 0 Å². The summed E-state index contributed by atoms with van der Waals surface area (Å²) >= 11 is 0. The Balaban J connectivity index is 2.52. The van der Waals surface area contributed by atoms with Gasteiger partial charge in [0.25, 0.3) is 5.56 Å². The molecule has 0 saturated carbocycles. The molecule has 102 valence electrons. The highest BCUT2D eigenvalue weighted by Gasteiger charge is 2.44. The standard InChI is InChI=1S/C10H11N3O6/c11-2-4-1-6(15)12-10(18)13(4)9-8(17)7(16)5(3-14)19-9/h1,5,7-9,14,16-17H,3H2,(H,12,15,18)/t5-,7?,8?,9-/m0/s1. The van der Waals surface area contributed by atoms with Gasteiger partial charge in [0.05, 0.1) is 6.61 Å². The van der Waals surface area contributed by atoms with Crippen LogP contribution in [0.1, 0.15) is 11.9 Å². The van der Waals surface area contributed by atoms with Crippen molar-refractivity contribution in [2.75, 3.05) is 6.61 Å². The summed E-state index contributed by atoms with van der Waals surface area (Å²) in [6, 6.07) is 2.50. The van der Waals surface area contributed by atoms with Crippen LogP contribution >= 0.6 is 0 Å². The van der Waals surface area contributed by atoms with E-state index < -0.39 is 42.4 Å². The lowest BCUT2D eigenvalue weighted by molar-refractivity contribution is -0.0554. The molecule has 1 aromatic heterocycles. The molecule has 0 radical (unpaired) electrons. The fourth-order valence-corrected chi connectivity index (χ4v) is 1.94. The van der Waals surface area contributed by atoms with Crippen molar-refractivity contribution < 1.29 is 20.1 Å². The fraction of sp³-hybridized carbons (Fsp3) is 0.500. The fourth-order valence-electron chi connectivity index (χ4n) is 1.94. The Morgan fingerprint density at radius 1 is 1.42 bits per heavy atom. The SMILES string of the molecule is N#Cc1cc(=O)[nH]c(=O)n1[C@H]1O[C@@H](CO)C(O)C1O. The first-order chi connectivity index (χ1) is 8.99. The van der Waals surface area contributed by atoms with Gasteiger partial charge in [-0.05, 0) is 0 Å². The van der Waals surface area contributed by atoms with Crippen molar-refractivity contribution in [2.24, 2.45) is 0 Å². The minimum atomic E-state index is -1.51. The van der Waals surface area contributed by atoms with Gasteiger partial charge in [-0.1, -0.05) is 0 Å². The zero-order valence-electron chi connectivity index (χ0n) is 9.55. The predicted molar refractivity (Wildman–Crippen MR) is 59.0 cm³/mol. The Morgan fingerprint density at radius 3 is 2.63 bits per heavy atom. The van der Waals surface area contributed by atoms with Crippen LogP contribution in [0, 0.1) is 11.3 Å². The summed E-state index contributed by atoms with van der Waals surface area (Å²) in [5, 5.41) is 37.2. The van der Waals surface area contributed by atoms with Gasteiger partial charge in [0.15, 0.2) is 6.23 Å². The first kappa shape index (κ1) is 13.4. The molecular weight excluding hydrogens is 258 g/mol. The molecule has 2 unspecified atom stereocenters. The van der Waals surface area contributed by atoms with E-state index in [1.54, 1.807) is 6.07 Å². The van der Waals surface area contributed by atoms with Gasteiger partial charge in [-0.15, -0.1) is 0 Å². The van der Waals surface area contributed by atoms with E-state index in [4.69, 9.17) is 15.1 Å². The maximum atomic E-state index is 11.7. The van der Waals surface area contributed by atoms with Crippen LogP contribution < -0.4 is 11.2 Å². The molecule has 2 heterocycles. The van der Waals surface area contributed by atoms with Crippen molar-refractivity contribution in [1.29, 1.82) is 5.26 Å². The molecule has 9 nitrogen and oxygen atoms in total. The summed E-state index contributed by atoms with van der Waals surface area (Å²) in [6.45, 7) is -0.561. The predicted octanol–water partition coefficient (Wildman–Crippen LogP) is -2.98. The molecule has 2 rings (SSSR count). The van der Waals surface area contributed by atoms with Gasteiger partial charge in [-0.3, -0.25) is 14.3 Å². The molecule has 0 aliphatic carbocycles. The topological polar surface area (TPSA) is 149 Å². The van der Waals surface area contributed by atoms with Crippen molar-refractivity contribution in [1.82, 2.24) is 9.55 Å². The average Bonchev–Trinajstić information content (AvgIpc) is 2.65. The first-order valence-corrected chi connectivity index (χ1v) is 5.38. The quantitative estimate of drug-likeness (QED) is 0.447. The molecule has 19 heavy (non-hydrogen) atoms. The molecule has 1 aliphatic rings. The molecule has 0 bridgehead atoms. The summed E-state index contributed by atoms with van der Waals surface area (Å²) in [5.74, 6) is 0. The van der Waals surface area contributed by atoms with Crippen LogP contribution in [-0.2, 0) is 4.74 Å². The van der Waals surface area contributed by atoms with E-state index in [9.17, 15) is 19.8 Å². The Hall–Kier alpha value is -1.99. The summed E-state index contributed by atoms with van der Waals surface area (Å²) in [7, 11) is 0. The van der Waals surface area contributed by atoms with Crippen molar-refractivity contribution in [3.05, 3.63) is 32.6 Å². The second kappa shape index (κ2) is 4.94. The number of H-pyrrole nitrogens is 1. The summed E-state index contributed by atoms with van der Waals surface area (Å²) in [5.41, 5.74) is -2.02. The van der Waals surface area contributed by atoms with Gasteiger partial charge in [-0.2, -0.15) is 5.26 Å². The molecule has 1 aromatic rings. The monoisotopic (exact) mass is 269 g/mol. The first-order valence-electron chi connectivity index (χ1n) is 5.38. The number of aromatic amines is 1. The smallest absolute Gasteiger partial charge is 0.331 e. The summed E-state index contributed by atoms with van der Waals surface area (Å²) in [6.07, 6.45) is -5.34. The molecule has 4 N–H and O–H groups in total. The van der Waals surface area contributed by atoms with Gasteiger partial charge >= 0.3 is 5.69 Å². The zero-order valence-corrected chi connectivity index (χ0v) is 9.55. The van der Waals surface area contributed by atoms with Gasteiger partial charge < -0.3 is 20.1 Å². The molecule has 1 saturated heterocycles. The Kier molecular flexibility index (Phi) is 3.50. The van der Waals surface area contributed by atoms with E-state index in [0.29, 0.717) is 0 Å². The van der Waals surface area contributed by atoms with E-state index in [-0.39, 0.29) is 5.69 Å². The Labute approximate surface area is 105 Å². The number of ether oxygens (including phenoxy) is 1. The second-order valence-electron chi connectivity index (χ2n) is 4.03. The number of aliphatic hydroxyl groups is 3. The lowest BCUT2D eigenvalue weighted by Crippen LogP contribution is -2.39. The van der Waals surface area contributed by atoms with E-state index in [0.717, 1.165) is 10.6 Å². The average molecular weight is 269 g/mol. The van der Waals surface area contributed by atoms with Crippen molar-refractivity contribution in [2.45, 2.75) is 24.5 Å². The third kappa shape index (κ3) is 2.18. The van der Waals surface area contributed by atoms with Gasteiger partial charge in [0, 0.05) is 6.07 Å². The molecule has 0 spiro atoms. The summed E-state index contributed by atoms with van der Waals surface area (Å²) in [4.78, 5) is 24.7. The van der Waals surface area contributed by atoms with Crippen molar-refractivity contribution in [3.8, 4) is 6.07 Å². The zero-order chi connectivity index (χ0) is 14.2. The van der Waals surface area contributed by atoms with Gasteiger partial charge in [0.1, 0.15) is 30.1 Å². The maximum absolute atomic E-state index is 11.7. The second-order valence-corrected chi connectivity index (χ2v) is 4.03. The normalized spacial score (nSPS) is 30.2. The van der Waals surface area contributed by atoms with Crippen LogP contribution in [0.3, 0.4) is 0 Å². The van der Waals surface area contributed by atoms with E-state index in [1.165, 1.54) is 0 Å². The van der Waals surface area contributed by atoms with Crippen LogP contribution in [0.25, 0.3) is 0 Å². The number of hydrogen-bond acceptors (Lipinski definition) is 7. The number of nitriles is 1. The molecule has 1 aliphatic heterocycles. The lowest BCUT2D eigenvalue weighted by Gasteiger charge is -2.18. The number of rotatable bonds is 2. The van der Waals surface area contributed by atoms with E-state index >= 15 is 0 Å². The molecule has 0 aromatic carbocycles. The number of aromatic nitrogens is 2. The highest BCUT2D eigenvalue weighted by Crippen LogP contribution is 2.28. The van der Waals surface area contributed by atoms with Crippen LogP contribution in [0.4, 0.5) is 0 Å². The van der Waals surface area contributed by atoms with Crippen molar-refractivity contribution >= 4 is 0 Å². The van der Waals surface area contributed by atoms with Crippen LogP contribution in [0.2, 0.25) is 0 Å². The number of nitrogens with zero attached hydrogens (tertiary/aromatic N) is 2. The highest BCUT2D eigenvalue weighted by molar-refractivity contribution is 5.19. The minimum absolute atomic E-state index is 0.316. The molecular formula is C10H11N3O6. The van der Waals surface area contributed by atoms with Crippen LogP contribution in [-0.4, -0.2) is 49.8 Å². The van der Waals surface area contributed by atoms with Gasteiger partial charge in [-0.25, -0.2) is 4.79 Å². The number of nitrogens with one attached hydrogen (secondary N) is 1. The molecule has 0 amide bonds. The molecule has 9 heteroatoms. The van der Waals surface area contributed by atoms with Crippen molar-refractivity contribution in [3.63, 3.8) is 0 Å². The number of aliphatic hydroxyl groups excluding tert-OH is 3. The van der Waals surface area contributed by atoms with Crippen LogP contribution in [0.5, 0.6) is 0 Å². The molecule has 1 fully saturated rings. The number of hydrogen-bond donors (Lipinski definition) is 4. The third-order valence-electron chi connectivity index (χ3n) is 2.86. The third-order valence-corrected chi connectivity index (χ3v) is 2.86. The maximum Gasteiger partial charge on any atom is 0.331 e.